The van der Waals surface area contributed by atoms with E-state index in [1.807, 2.05) is 0 Å². The van der Waals surface area contributed by atoms with Crippen LogP contribution in [-0.2, 0) is 4.79 Å². The van der Waals surface area contributed by atoms with E-state index in [1.165, 1.54) is 25.7 Å². The van der Waals surface area contributed by atoms with Crippen LogP contribution in [0.1, 0.15) is 65.2 Å². The molecule has 2 N–H and O–H groups in total. The summed E-state index contributed by atoms with van der Waals surface area (Å²) in [6.07, 6.45) is 9.29. The van der Waals surface area contributed by atoms with E-state index in [1.54, 1.807) is 0 Å². The van der Waals surface area contributed by atoms with Crippen molar-refractivity contribution in [3.63, 3.8) is 0 Å². The second-order valence-corrected chi connectivity index (χ2v) is 7.19. The number of nitrogens with zero attached hydrogens (tertiary/aromatic N) is 1. The zero-order chi connectivity index (χ0) is 14.6. The van der Waals surface area contributed by atoms with Gasteiger partial charge in [0.2, 0.25) is 5.91 Å². The molecule has 0 aromatic rings. The van der Waals surface area contributed by atoms with E-state index in [0.29, 0.717) is 12.5 Å². The van der Waals surface area contributed by atoms with Crippen LogP contribution >= 0.6 is 0 Å². The highest BCUT2D eigenvalue weighted by Crippen LogP contribution is 2.40. The zero-order valence-electron chi connectivity index (χ0n) is 13.4. The van der Waals surface area contributed by atoms with Gasteiger partial charge in [0.15, 0.2) is 0 Å². The molecule has 3 heteroatoms. The van der Waals surface area contributed by atoms with Crippen LogP contribution in [0.3, 0.4) is 0 Å². The summed E-state index contributed by atoms with van der Waals surface area (Å²) in [6.45, 7) is 7.00. The summed E-state index contributed by atoms with van der Waals surface area (Å²) >= 11 is 0. The third-order valence-corrected chi connectivity index (χ3v) is 5.67. The second-order valence-electron chi connectivity index (χ2n) is 7.19. The van der Waals surface area contributed by atoms with Crippen molar-refractivity contribution in [2.45, 2.75) is 65.2 Å². The van der Waals surface area contributed by atoms with Gasteiger partial charge in [-0.25, -0.2) is 0 Å². The molecule has 0 radical (unpaired) electrons. The number of carbonyl (C=O) groups is 1. The molecule has 2 rings (SSSR count). The maximum atomic E-state index is 12.9. The van der Waals surface area contributed by atoms with Crippen molar-refractivity contribution in [3.05, 3.63) is 0 Å². The van der Waals surface area contributed by atoms with Crippen molar-refractivity contribution < 1.29 is 4.79 Å². The average molecular weight is 280 g/mol. The summed E-state index contributed by atoms with van der Waals surface area (Å²) in [6, 6.07) is 0. The maximum absolute atomic E-state index is 12.9. The minimum atomic E-state index is -0.232. The van der Waals surface area contributed by atoms with Crippen molar-refractivity contribution >= 4 is 5.91 Å². The van der Waals surface area contributed by atoms with E-state index in [-0.39, 0.29) is 5.41 Å². The Hall–Kier alpha value is -0.570. The van der Waals surface area contributed by atoms with Crippen LogP contribution in [0.4, 0.5) is 0 Å². The molecule has 0 aromatic heterocycles. The fraction of sp³-hybridized carbons (Fsp3) is 0.941. The molecule has 1 aliphatic heterocycles. The van der Waals surface area contributed by atoms with E-state index in [4.69, 9.17) is 5.73 Å². The first-order valence-electron chi connectivity index (χ1n) is 8.60. The normalized spacial score (nSPS) is 32.4. The average Bonchev–Trinajstić information content (AvgIpc) is 2.49. The molecule has 2 fully saturated rings. The third-order valence-electron chi connectivity index (χ3n) is 5.67. The Balaban J connectivity index is 1.93. The van der Waals surface area contributed by atoms with Gasteiger partial charge in [-0.05, 0) is 50.4 Å². The molecule has 116 valence electrons. The van der Waals surface area contributed by atoms with Gasteiger partial charge in [0.1, 0.15) is 0 Å². The van der Waals surface area contributed by atoms with Gasteiger partial charge >= 0.3 is 0 Å². The van der Waals surface area contributed by atoms with Gasteiger partial charge in [0, 0.05) is 19.6 Å². The SMILES string of the molecule is CCCC1CCN(C(=O)C2(CN)CCC(C)CC2)CC1. The number of carbonyl (C=O) groups excluding carboxylic acids is 1. The number of nitrogens with two attached hydrogens (primary N) is 1. The van der Waals surface area contributed by atoms with Gasteiger partial charge in [-0.1, -0.05) is 26.7 Å². The number of likely N-dealkylation sites (tertiary alicyclic amines) is 1. The molecule has 0 unspecified atom stereocenters. The lowest BCUT2D eigenvalue weighted by molar-refractivity contribution is -0.145. The van der Waals surface area contributed by atoms with Crippen molar-refractivity contribution in [1.82, 2.24) is 4.90 Å². The van der Waals surface area contributed by atoms with Gasteiger partial charge in [-0.2, -0.15) is 0 Å². The first-order chi connectivity index (χ1) is 9.61. The highest BCUT2D eigenvalue weighted by Gasteiger charge is 2.42. The summed E-state index contributed by atoms with van der Waals surface area (Å²) < 4.78 is 0. The van der Waals surface area contributed by atoms with Crippen LogP contribution in [0.25, 0.3) is 0 Å². The second kappa shape index (κ2) is 6.93. The van der Waals surface area contributed by atoms with Crippen LogP contribution in [0.2, 0.25) is 0 Å². The Labute approximate surface area is 124 Å². The topological polar surface area (TPSA) is 46.3 Å². The summed E-state index contributed by atoms with van der Waals surface area (Å²) in [4.78, 5) is 15.0. The largest absolute Gasteiger partial charge is 0.342 e. The predicted molar refractivity (Wildman–Crippen MR) is 83.3 cm³/mol. The maximum Gasteiger partial charge on any atom is 0.230 e. The first kappa shape index (κ1) is 15.8. The molecule has 20 heavy (non-hydrogen) atoms. The number of hydrogen-bond donors (Lipinski definition) is 1. The minimum absolute atomic E-state index is 0.232. The predicted octanol–water partition coefficient (Wildman–Crippen LogP) is 3.18. The van der Waals surface area contributed by atoms with Crippen LogP contribution < -0.4 is 5.73 Å². The Morgan fingerprint density at radius 1 is 1.20 bits per heavy atom. The third kappa shape index (κ3) is 3.36. The van der Waals surface area contributed by atoms with Crippen molar-refractivity contribution in [1.29, 1.82) is 0 Å². The lowest BCUT2D eigenvalue weighted by Crippen LogP contribution is -2.51. The van der Waals surface area contributed by atoms with Crippen LogP contribution in [0.5, 0.6) is 0 Å². The Morgan fingerprint density at radius 2 is 1.80 bits per heavy atom. The summed E-state index contributed by atoms with van der Waals surface area (Å²) in [7, 11) is 0. The van der Waals surface area contributed by atoms with Crippen molar-refractivity contribution in [2.24, 2.45) is 23.0 Å². The van der Waals surface area contributed by atoms with E-state index >= 15 is 0 Å². The summed E-state index contributed by atoms with van der Waals surface area (Å²) in [5.74, 6) is 1.96. The fourth-order valence-electron chi connectivity index (χ4n) is 3.99. The zero-order valence-corrected chi connectivity index (χ0v) is 13.4. The molecule has 1 saturated carbocycles. The number of amides is 1. The highest BCUT2D eigenvalue weighted by atomic mass is 16.2. The molecule has 3 nitrogen and oxygen atoms in total. The van der Waals surface area contributed by atoms with Crippen LogP contribution in [0, 0.1) is 17.3 Å². The molecule has 2 aliphatic rings. The molecule has 1 heterocycles. The highest BCUT2D eigenvalue weighted by molar-refractivity contribution is 5.83. The number of hydrogen-bond acceptors (Lipinski definition) is 2. The Kier molecular flexibility index (Phi) is 5.48. The van der Waals surface area contributed by atoms with E-state index < -0.39 is 0 Å². The molecule has 1 saturated heterocycles. The van der Waals surface area contributed by atoms with Gasteiger partial charge < -0.3 is 10.6 Å². The van der Waals surface area contributed by atoms with Crippen molar-refractivity contribution in [2.75, 3.05) is 19.6 Å². The minimum Gasteiger partial charge on any atom is -0.342 e. The Bertz CT molecular complexity index is 313. The summed E-state index contributed by atoms with van der Waals surface area (Å²) in [5.41, 5.74) is 5.79. The van der Waals surface area contributed by atoms with Crippen molar-refractivity contribution in [3.8, 4) is 0 Å². The monoisotopic (exact) mass is 280 g/mol. The van der Waals surface area contributed by atoms with Gasteiger partial charge in [-0.3, -0.25) is 4.79 Å². The molecule has 1 amide bonds. The molecule has 0 spiro atoms. The molecule has 1 aliphatic carbocycles. The summed E-state index contributed by atoms with van der Waals surface area (Å²) in [5, 5.41) is 0. The van der Waals surface area contributed by atoms with E-state index in [9.17, 15) is 4.79 Å². The molecular weight excluding hydrogens is 248 g/mol. The lowest BCUT2D eigenvalue weighted by atomic mass is 9.69. The number of piperidine rings is 1. The lowest BCUT2D eigenvalue weighted by Gasteiger charge is -2.42. The van der Waals surface area contributed by atoms with Crippen LogP contribution in [-0.4, -0.2) is 30.4 Å². The smallest absolute Gasteiger partial charge is 0.230 e. The standard InChI is InChI=1S/C17H32N2O/c1-3-4-15-7-11-19(12-8-15)16(20)17(13-18)9-5-14(2)6-10-17/h14-15H,3-13,18H2,1-2H3. The molecule has 0 bridgehead atoms. The van der Waals surface area contributed by atoms with E-state index in [0.717, 1.165) is 50.6 Å². The van der Waals surface area contributed by atoms with Gasteiger partial charge in [-0.15, -0.1) is 0 Å². The quantitative estimate of drug-likeness (QED) is 0.859. The van der Waals surface area contributed by atoms with Gasteiger partial charge in [0.25, 0.3) is 0 Å². The molecule has 0 aromatic carbocycles. The molecule has 0 atom stereocenters. The molecular formula is C17H32N2O. The van der Waals surface area contributed by atoms with Crippen LogP contribution in [0.15, 0.2) is 0 Å². The number of rotatable bonds is 4. The Morgan fingerprint density at radius 3 is 2.30 bits per heavy atom. The van der Waals surface area contributed by atoms with E-state index in [2.05, 4.69) is 18.7 Å². The van der Waals surface area contributed by atoms with Gasteiger partial charge in [0.05, 0.1) is 5.41 Å². The first-order valence-corrected chi connectivity index (χ1v) is 8.60. The fourth-order valence-corrected chi connectivity index (χ4v) is 3.99.